The summed E-state index contributed by atoms with van der Waals surface area (Å²) in [6.07, 6.45) is 0. The first-order chi connectivity index (χ1) is 12.0. The molecule has 1 aromatic heterocycles. The number of ether oxygens (including phenoxy) is 2. The van der Waals surface area contributed by atoms with E-state index in [9.17, 15) is 9.59 Å². The molecule has 0 aliphatic heterocycles. The van der Waals surface area contributed by atoms with Crippen LogP contribution in [0.15, 0.2) is 51.7 Å². The van der Waals surface area contributed by atoms with Gasteiger partial charge in [-0.1, -0.05) is 23.2 Å². The fraction of sp³-hybridized carbons (Fsp3) is 0.111. The zero-order chi connectivity index (χ0) is 18.0. The maximum absolute atomic E-state index is 12.2. The largest absolute Gasteiger partial charge is 0.497 e. The third kappa shape index (κ3) is 3.78. The van der Waals surface area contributed by atoms with Gasteiger partial charge in [-0.15, -0.1) is 0 Å². The summed E-state index contributed by atoms with van der Waals surface area (Å²) >= 11 is 11.8. The van der Waals surface area contributed by atoms with Gasteiger partial charge in [-0.2, -0.15) is 0 Å². The summed E-state index contributed by atoms with van der Waals surface area (Å²) in [4.78, 5) is 23.9. The number of rotatable bonds is 4. The van der Waals surface area contributed by atoms with E-state index in [0.29, 0.717) is 27.3 Å². The minimum atomic E-state index is -0.614. The van der Waals surface area contributed by atoms with Crippen molar-refractivity contribution in [2.45, 2.75) is 6.61 Å². The van der Waals surface area contributed by atoms with Crippen LogP contribution in [-0.4, -0.2) is 13.1 Å². The van der Waals surface area contributed by atoms with Crippen LogP contribution in [0.4, 0.5) is 0 Å². The second-order valence-corrected chi connectivity index (χ2v) is 6.00. The second-order valence-electron chi connectivity index (χ2n) is 5.15. The summed E-state index contributed by atoms with van der Waals surface area (Å²) in [6.45, 7) is -0.105. The normalized spacial score (nSPS) is 10.7. The third-order valence-corrected chi connectivity index (χ3v) is 4.09. The predicted octanol–water partition coefficient (Wildman–Crippen LogP) is 4.47. The van der Waals surface area contributed by atoms with Gasteiger partial charge >= 0.3 is 11.6 Å². The monoisotopic (exact) mass is 378 g/mol. The van der Waals surface area contributed by atoms with E-state index in [-0.39, 0.29) is 17.2 Å². The molecule has 3 aromatic rings. The van der Waals surface area contributed by atoms with E-state index in [1.807, 2.05) is 0 Å². The Labute approximate surface area is 152 Å². The van der Waals surface area contributed by atoms with Gasteiger partial charge in [-0.3, -0.25) is 0 Å². The summed E-state index contributed by atoms with van der Waals surface area (Å²) in [5.74, 6) is -0.0608. The predicted molar refractivity (Wildman–Crippen MR) is 94.6 cm³/mol. The molecule has 7 heteroatoms. The van der Waals surface area contributed by atoms with Crippen LogP contribution in [0.25, 0.3) is 11.0 Å². The molecule has 0 radical (unpaired) electrons. The van der Waals surface area contributed by atoms with Gasteiger partial charge in [0.25, 0.3) is 0 Å². The Hall–Kier alpha value is -2.50. The first-order valence-corrected chi connectivity index (χ1v) is 7.96. The van der Waals surface area contributed by atoms with Crippen molar-refractivity contribution < 1.29 is 18.7 Å². The van der Waals surface area contributed by atoms with Crippen LogP contribution >= 0.6 is 23.2 Å². The molecule has 128 valence electrons. The Bertz CT molecular complexity index is 1010. The first-order valence-electron chi connectivity index (χ1n) is 7.21. The Morgan fingerprint density at radius 1 is 1.12 bits per heavy atom. The van der Waals surface area contributed by atoms with E-state index in [2.05, 4.69) is 0 Å². The Kier molecular flexibility index (Phi) is 4.97. The molecule has 0 amide bonds. The van der Waals surface area contributed by atoms with Crippen LogP contribution in [-0.2, 0) is 11.3 Å². The highest BCUT2D eigenvalue weighted by Crippen LogP contribution is 2.25. The molecule has 0 atom stereocenters. The van der Waals surface area contributed by atoms with Gasteiger partial charge in [0.1, 0.15) is 17.9 Å². The molecule has 3 rings (SSSR count). The lowest BCUT2D eigenvalue weighted by atomic mass is 10.1. The summed E-state index contributed by atoms with van der Waals surface area (Å²) in [5.41, 5.74) is 0.520. The number of fused-ring (bicyclic) bond motifs is 1. The summed E-state index contributed by atoms with van der Waals surface area (Å²) in [7, 11) is 1.51. The van der Waals surface area contributed by atoms with Crippen molar-refractivity contribution in [1.29, 1.82) is 0 Å². The van der Waals surface area contributed by atoms with Crippen LogP contribution in [0, 0.1) is 0 Å². The van der Waals surface area contributed by atoms with Gasteiger partial charge in [0.15, 0.2) is 0 Å². The van der Waals surface area contributed by atoms with E-state index < -0.39 is 11.6 Å². The topological polar surface area (TPSA) is 65.7 Å². The van der Waals surface area contributed by atoms with Crippen molar-refractivity contribution in [3.63, 3.8) is 0 Å². The second kappa shape index (κ2) is 7.17. The van der Waals surface area contributed by atoms with Crippen LogP contribution in [0.1, 0.15) is 15.9 Å². The maximum atomic E-state index is 12.2. The molecule has 0 unspecified atom stereocenters. The highest BCUT2D eigenvalue weighted by Gasteiger charge is 2.14. The van der Waals surface area contributed by atoms with E-state index >= 15 is 0 Å². The van der Waals surface area contributed by atoms with E-state index in [1.165, 1.54) is 25.3 Å². The summed E-state index contributed by atoms with van der Waals surface area (Å²) in [5, 5.41) is 1.26. The lowest BCUT2D eigenvalue weighted by molar-refractivity contribution is 0.0474. The third-order valence-electron chi connectivity index (χ3n) is 3.55. The van der Waals surface area contributed by atoms with Crippen molar-refractivity contribution >= 4 is 40.1 Å². The van der Waals surface area contributed by atoms with Gasteiger partial charge in [-0.25, -0.2) is 9.59 Å². The van der Waals surface area contributed by atoms with Crippen LogP contribution in [0.5, 0.6) is 5.75 Å². The number of carbonyl (C=O) groups is 1. The summed E-state index contributed by atoms with van der Waals surface area (Å²) < 4.78 is 15.5. The minimum absolute atomic E-state index is 0.105. The quantitative estimate of drug-likeness (QED) is 0.495. The standard InChI is InChI=1S/C18H12Cl2O5/c1-23-12-3-5-13-10(6-17(21)25-16(13)8-12)9-24-18(22)14-4-2-11(19)7-15(14)20/h2-8H,9H2,1H3. The first kappa shape index (κ1) is 17.3. The van der Waals surface area contributed by atoms with E-state index in [4.69, 9.17) is 37.1 Å². The molecule has 0 spiro atoms. The number of hydrogen-bond acceptors (Lipinski definition) is 5. The number of benzene rings is 2. The highest BCUT2D eigenvalue weighted by molar-refractivity contribution is 6.36. The molecule has 0 saturated heterocycles. The van der Waals surface area contributed by atoms with Crippen molar-refractivity contribution in [3.8, 4) is 5.75 Å². The van der Waals surface area contributed by atoms with Crippen LogP contribution < -0.4 is 10.4 Å². The van der Waals surface area contributed by atoms with Gasteiger partial charge in [0.05, 0.1) is 17.7 Å². The smallest absolute Gasteiger partial charge is 0.339 e. The average Bonchev–Trinajstić information content (AvgIpc) is 2.58. The van der Waals surface area contributed by atoms with E-state index in [0.717, 1.165) is 0 Å². The zero-order valence-electron chi connectivity index (χ0n) is 13.0. The lowest BCUT2D eigenvalue weighted by Crippen LogP contribution is -2.08. The highest BCUT2D eigenvalue weighted by atomic mass is 35.5. The molecule has 0 aliphatic carbocycles. The maximum Gasteiger partial charge on any atom is 0.339 e. The van der Waals surface area contributed by atoms with Gasteiger partial charge < -0.3 is 13.9 Å². The molecule has 5 nitrogen and oxygen atoms in total. The van der Waals surface area contributed by atoms with E-state index in [1.54, 1.807) is 24.3 Å². The Morgan fingerprint density at radius 3 is 2.64 bits per heavy atom. The van der Waals surface area contributed by atoms with Crippen molar-refractivity contribution in [3.05, 3.63) is 74.1 Å². The molecular formula is C18H12Cl2O5. The molecule has 2 aromatic carbocycles. The molecule has 25 heavy (non-hydrogen) atoms. The average molecular weight is 379 g/mol. The van der Waals surface area contributed by atoms with Crippen molar-refractivity contribution in [2.75, 3.05) is 7.11 Å². The zero-order valence-corrected chi connectivity index (χ0v) is 14.6. The number of esters is 1. The van der Waals surface area contributed by atoms with Gasteiger partial charge in [0.2, 0.25) is 0 Å². The number of methoxy groups -OCH3 is 1. The minimum Gasteiger partial charge on any atom is -0.497 e. The number of halogens is 2. The molecule has 0 fully saturated rings. The van der Waals surface area contributed by atoms with Crippen molar-refractivity contribution in [1.82, 2.24) is 0 Å². The molecule has 0 bridgehead atoms. The fourth-order valence-electron chi connectivity index (χ4n) is 2.33. The summed E-state index contributed by atoms with van der Waals surface area (Å²) in [6, 6.07) is 10.8. The number of hydrogen-bond donors (Lipinski definition) is 0. The Morgan fingerprint density at radius 2 is 1.92 bits per heavy atom. The molecule has 1 heterocycles. The van der Waals surface area contributed by atoms with Crippen LogP contribution in [0.2, 0.25) is 10.0 Å². The molecule has 0 N–H and O–H groups in total. The van der Waals surface area contributed by atoms with Crippen LogP contribution in [0.3, 0.4) is 0 Å². The molecular weight excluding hydrogens is 367 g/mol. The van der Waals surface area contributed by atoms with Crippen molar-refractivity contribution in [2.24, 2.45) is 0 Å². The number of carbonyl (C=O) groups excluding carboxylic acids is 1. The molecule has 0 aliphatic rings. The lowest BCUT2D eigenvalue weighted by Gasteiger charge is -2.09. The Balaban J connectivity index is 1.88. The molecule has 0 saturated carbocycles. The van der Waals surface area contributed by atoms with Gasteiger partial charge in [0, 0.05) is 28.1 Å². The van der Waals surface area contributed by atoms with Gasteiger partial charge in [-0.05, 0) is 30.3 Å². The fourth-order valence-corrected chi connectivity index (χ4v) is 2.82. The SMILES string of the molecule is COc1ccc2c(COC(=O)c3ccc(Cl)cc3Cl)cc(=O)oc2c1.